The maximum absolute atomic E-state index is 13.1. The van der Waals surface area contributed by atoms with Crippen LogP contribution < -0.4 is 14.9 Å². The zero-order chi connectivity index (χ0) is 23.8. The first-order valence-corrected chi connectivity index (χ1v) is 12.4. The van der Waals surface area contributed by atoms with Gasteiger partial charge < -0.3 is 19.6 Å². The first-order valence-electron chi connectivity index (χ1n) is 9.78. The summed E-state index contributed by atoms with van der Waals surface area (Å²) >= 11 is 12.5. The summed E-state index contributed by atoms with van der Waals surface area (Å²) in [7, 11) is -3.77. The summed E-state index contributed by atoms with van der Waals surface area (Å²) in [6, 6.07) is 2.85. The van der Waals surface area contributed by atoms with Crippen molar-refractivity contribution >= 4 is 45.0 Å². The van der Waals surface area contributed by atoms with E-state index in [1.807, 2.05) is 0 Å². The van der Waals surface area contributed by atoms with Crippen molar-refractivity contribution in [3.63, 3.8) is 0 Å². The standard InChI is InChI=1S/C20H19Cl2F2N3O5S/c1-33(28,29)27-10-13-11(16(26-27)7-12-14(21)8-25-9-15(12)22)4-5-17(31-20(23)24)19(13)32-18-3-2-6-30-18/h4-5,7-9,18,20,26H,2-3,6,10H2,1H3. The van der Waals surface area contributed by atoms with Crippen LogP contribution in [0.15, 0.2) is 24.5 Å². The summed E-state index contributed by atoms with van der Waals surface area (Å²) in [6.45, 7) is -2.84. The zero-order valence-corrected chi connectivity index (χ0v) is 19.6. The number of ether oxygens (including phenoxy) is 3. The molecule has 1 unspecified atom stereocenters. The third-order valence-electron chi connectivity index (χ3n) is 4.99. The third kappa shape index (κ3) is 5.33. The summed E-state index contributed by atoms with van der Waals surface area (Å²) in [5.74, 6) is -0.249. The van der Waals surface area contributed by atoms with Crippen LogP contribution in [0.4, 0.5) is 8.78 Å². The number of nitrogens with zero attached hydrogens (tertiary/aromatic N) is 2. The number of pyridine rings is 1. The van der Waals surface area contributed by atoms with Crippen molar-refractivity contribution in [2.24, 2.45) is 0 Å². The van der Waals surface area contributed by atoms with Crippen molar-refractivity contribution < 1.29 is 31.4 Å². The van der Waals surface area contributed by atoms with E-state index in [4.69, 9.17) is 32.7 Å². The van der Waals surface area contributed by atoms with Gasteiger partial charge in [-0.3, -0.25) is 4.98 Å². The largest absolute Gasteiger partial charge is 0.461 e. The molecule has 0 spiro atoms. The molecule has 33 heavy (non-hydrogen) atoms. The van der Waals surface area contributed by atoms with Gasteiger partial charge in [-0.15, -0.1) is 4.41 Å². The lowest BCUT2D eigenvalue weighted by molar-refractivity contribution is -0.0638. The molecule has 1 saturated heterocycles. The molecule has 4 rings (SSSR count). The van der Waals surface area contributed by atoms with E-state index in [0.717, 1.165) is 17.1 Å². The number of fused-ring (bicyclic) bond motifs is 1. The molecule has 13 heteroatoms. The first kappa shape index (κ1) is 24.0. The van der Waals surface area contributed by atoms with Gasteiger partial charge in [-0.05, 0) is 24.6 Å². The molecule has 1 N–H and O–H groups in total. The SMILES string of the molecule is CS(=O)(=O)N1Cc2c(ccc(OC(F)F)c2OC2CCCO2)C(=Cc2c(Cl)cncc2Cl)N1. The lowest BCUT2D eigenvalue weighted by Gasteiger charge is -2.32. The van der Waals surface area contributed by atoms with Crippen LogP contribution in [0, 0.1) is 0 Å². The Bertz CT molecular complexity index is 1170. The number of aromatic nitrogens is 1. The van der Waals surface area contributed by atoms with Crippen molar-refractivity contribution in [2.45, 2.75) is 32.3 Å². The predicted molar refractivity (Wildman–Crippen MR) is 118 cm³/mol. The van der Waals surface area contributed by atoms with Gasteiger partial charge in [0.15, 0.2) is 17.8 Å². The van der Waals surface area contributed by atoms with Crippen LogP contribution in [0.1, 0.15) is 29.5 Å². The summed E-state index contributed by atoms with van der Waals surface area (Å²) in [6.07, 6.45) is 5.96. The lowest BCUT2D eigenvalue weighted by Crippen LogP contribution is -2.44. The van der Waals surface area contributed by atoms with Crippen molar-refractivity contribution in [3.8, 4) is 11.5 Å². The van der Waals surface area contributed by atoms with Gasteiger partial charge in [0.25, 0.3) is 0 Å². The minimum atomic E-state index is -3.77. The second-order valence-corrected chi connectivity index (χ2v) is 10.0. The Kier molecular flexibility index (Phi) is 6.96. The van der Waals surface area contributed by atoms with Gasteiger partial charge in [-0.2, -0.15) is 8.78 Å². The first-order chi connectivity index (χ1) is 15.6. The molecule has 0 aliphatic carbocycles. The van der Waals surface area contributed by atoms with Crippen LogP contribution >= 0.6 is 23.2 Å². The molecule has 0 radical (unpaired) electrons. The highest BCUT2D eigenvalue weighted by atomic mass is 35.5. The van der Waals surface area contributed by atoms with E-state index in [2.05, 4.69) is 15.1 Å². The topological polar surface area (TPSA) is 90.0 Å². The normalized spacial score (nSPS) is 20.1. The van der Waals surface area contributed by atoms with E-state index in [1.54, 1.807) is 6.08 Å². The number of rotatable bonds is 6. The van der Waals surface area contributed by atoms with E-state index >= 15 is 0 Å². The number of nitrogens with one attached hydrogen (secondary N) is 1. The highest BCUT2D eigenvalue weighted by Crippen LogP contribution is 2.42. The van der Waals surface area contributed by atoms with Gasteiger partial charge in [0.05, 0.1) is 35.1 Å². The van der Waals surface area contributed by atoms with Gasteiger partial charge in [-0.25, -0.2) is 8.42 Å². The highest BCUT2D eigenvalue weighted by Gasteiger charge is 2.32. The number of alkyl halides is 2. The number of hydrazine groups is 1. The molecule has 0 amide bonds. The smallest absolute Gasteiger partial charge is 0.387 e. The summed E-state index contributed by atoms with van der Waals surface area (Å²) < 4.78 is 68.0. The molecular weight excluding hydrogens is 503 g/mol. The maximum Gasteiger partial charge on any atom is 0.387 e. The molecule has 178 valence electrons. The number of halogens is 4. The summed E-state index contributed by atoms with van der Waals surface area (Å²) in [4.78, 5) is 3.91. The van der Waals surface area contributed by atoms with E-state index < -0.39 is 22.9 Å². The predicted octanol–water partition coefficient (Wildman–Crippen LogP) is 4.28. The Labute approximate surface area is 199 Å². The zero-order valence-electron chi connectivity index (χ0n) is 17.2. The van der Waals surface area contributed by atoms with Gasteiger partial charge in [0.1, 0.15) is 0 Å². The third-order valence-corrected chi connectivity index (χ3v) is 6.62. The molecule has 2 aliphatic heterocycles. The Morgan fingerprint density at radius 3 is 2.64 bits per heavy atom. The van der Waals surface area contributed by atoms with Crippen LogP contribution in [0.2, 0.25) is 10.0 Å². The molecule has 0 bridgehead atoms. The van der Waals surface area contributed by atoms with E-state index in [0.29, 0.717) is 35.4 Å². The average molecular weight is 522 g/mol. The highest BCUT2D eigenvalue weighted by molar-refractivity contribution is 7.88. The van der Waals surface area contributed by atoms with Crippen molar-refractivity contribution in [1.82, 2.24) is 14.8 Å². The monoisotopic (exact) mass is 521 g/mol. The fourth-order valence-corrected chi connectivity index (χ4v) is 4.60. The quantitative estimate of drug-likeness (QED) is 0.606. The summed E-state index contributed by atoms with van der Waals surface area (Å²) in [5.41, 5.74) is 4.34. The second kappa shape index (κ2) is 9.59. The van der Waals surface area contributed by atoms with E-state index in [9.17, 15) is 17.2 Å². The number of sulfonamides is 1. The Hall–Kier alpha value is -2.18. The van der Waals surface area contributed by atoms with Crippen LogP contribution in [-0.4, -0.2) is 43.6 Å². The fraction of sp³-hybridized carbons (Fsp3) is 0.350. The van der Waals surface area contributed by atoms with Crippen molar-refractivity contribution in [3.05, 3.63) is 51.3 Å². The van der Waals surface area contributed by atoms with E-state index in [-0.39, 0.29) is 28.1 Å². The van der Waals surface area contributed by atoms with Gasteiger partial charge >= 0.3 is 6.61 Å². The van der Waals surface area contributed by atoms with Gasteiger partial charge in [0.2, 0.25) is 10.0 Å². The second-order valence-electron chi connectivity index (χ2n) is 7.31. The van der Waals surface area contributed by atoms with Gasteiger partial charge in [-0.1, -0.05) is 23.2 Å². The lowest BCUT2D eigenvalue weighted by atomic mass is 9.99. The fourth-order valence-electron chi connectivity index (χ4n) is 3.50. The number of hydrogen-bond acceptors (Lipinski definition) is 7. The van der Waals surface area contributed by atoms with Crippen molar-refractivity contribution in [1.29, 1.82) is 0 Å². The molecule has 3 heterocycles. The molecular formula is C20H19Cl2F2N3O5S. The molecule has 1 atom stereocenters. The molecule has 1 fully saturated rings. The van der Waals surface area contributed by atoms with Crippen LogP contribution in [0.25, 0.3) is 11.8 Å². The van der Waals surface area contributed by atoms with Crippen molar-refractivity contribution in [2.75, 3.05) is 12.9 Å². The van der Waals surface area contributed by atoms with E-state index in [1.165, 1.54) is 24.5 Å². The Morgan fingerprint density at radius 2 is 2.03 bits per heavy atom. The molecule has 0 saturated carbocycles. The molecule has 1 aromatic heterocycles. The molecule has 1 aromatic carbocycles. The average Bonchev–Trinajstić information content (AvgIpc) is 3.24. The number of benzene rings is 1. The minimum absolute atomic E-state index is 0.0207. The Morgan fingerprint density at radius 1 is 1.30 bits per heavy atom. The van der Waals surface area contributed by atoms with Crippen LogP contribution in [-0.2, 0) is 21.3 Å². The summed E-state index contributed by atoms with van der Waals surface area (Å²) in [5, 5.41) is 0.478. The van der Waals surface area contributed by atoms with Gasteiger partial charge in [0, 0.05) is 35.5 Å². The number of hydrogen-bond donors (Lipinski definition) is 1. The molecule has 2 aliphatic rings. The molecule has 8 nitrogen and oxygen atoms in total. The molecule has 2 aromatic rings. The minimum Gasteiger partial charge on any atom is -0.461 e. The van der Waals surface area contributed by atoms with Crippen LogP contribution in [0.5, 0.6) is 11.5 Å². The Balaban J connectivity index is 1.89. The van der Waals surface area contributed by atoms with Crippen LogP contribution in [0.3, 0.4) is 0 Å². The maximum atomic E-state index is 13.1.